The van der Waals surface area contributed by atoms with Crippen LogP contribution >= 0.6 is 0 Å². The van der Waals surface area contributed by atoms with Crippen LogP contribution in [0.2, 0.25) is 0 Å². The van der Waals surface area contributed by atoms with Crippen molar-refractivity contribution >= 4 is 10.8 Å². The standard InChI is InChI=1S/C21H21F3N2/c22-21(23,24)20-11-4-2-7-17(20)14-26-18(13-25)12-16-9-5-8-15-6-1-3-10-19(15)16/h1-11,18,26H,12-14,25H2. The van der Waals surface area contributed by atoms with Crippen LogP contribution in [0.25, 0.3) is 10.8 Å². The highest BCUT2D eigenvalue weighted by Gasteiger charge is 2.32. The Morgan fingerprint density at radius 3 is 2.27 bits per heavy atom. The summed E-state index contributed by atoms with van der Waals surface area (Å²) in [6.45, 7) is 0.472. The van der Waals surface area contributed by atoms with Crippen LogP contribution in [0.4, 0.5) is 13.2 Å². The van der Waals surface area contributed by atoms with E-state index in [1.807, 2.05) is 36.4 Å². The van der Waals surface area contributed by atoms with Crippen molar-refractivity contribution in [3.63, 3.8) is 0 Å². The summed E-state index contributed by atoms with van der Waals surface area (Å²) in [5.41, 5.74) is 6.63. The zero-order valence-electron chi connectivity index (χ0n) is 14.3. The number of fused-ring (bicyclic) bond motifs is 1. The quantitative estimate of drug-likeness (QED) is 0.680. The summed E-state index contributed by atoms with van der Waals surface area (Å²) in [5, 5.41) is 5.47. The zero-order chi connectivity index (χ0) is 18.6. The van der Waals surface area contributed by atoms with Crippen molar-refractivity contribution in [3.05, 3.63) is 83.4 Å². The molecule has 3 N–H and O–H groups in total. The van der Waals surface area contributed by atoms with Gasteiger partial charge in [-0.1, -0.05) is 60.7 Å². The van der Waals surface area contributed by atoms with Gasteiger partial charge in [0.05, 0.1) is 5.56 Å². The molecule has 0 amide bonds. The van der Waals surface area contributed by atoms with Crippen molar-refractivity contribution in [2.75, 3.05) is 6.54 Å². The van der Waals surface area contributed by atoms with Crippen LogP contribution in [0.5, 0.6) is 0 Å². The number of halogens is 3. The Labute approximate surface area is 150 Å². The van der Waals surface area contributed by atoms with Gasteiger partial charge in [-0.3, -0.25) is 0 Å². The molecular formula is C21H21F3N2. The van der Waals surface area contributed by atoms with Gasteiger partial charge in [0.2, 0.25) is 0 Å². The molecule has 3 aromatic rings. The first-order valence-corrected chi connectivity index (χ1v) is 8.54. The normalized spacial score (nSPS) is 13.1. The molecule has 3 rings (SSSR count). The number of hydrogen-bond donors (Lipinski definition) is 2. The smallest absolute Gasteiger partial charge is 0.329 e. The third-order valence-corrected chi connectivity index (χ3v) is 4.53. The molecule has 0 heterocycles. The first-order valence-electron chi connectivity index (χ1n) is 8.54. The van der Waals surface area contributed by atoms with Gasteiger partial charge in [0, 0.05) is 19.1 Å². The number of benzene rings is 3. The molecule has 0 saturated heterocycles. The first-order chi connectivity index (χ1) is 12.5. The molecule has 26 heavy (non-hydrogen) atoms. The average molecular weight is 358 g/mol. The van der Waals surface area contributed by atoms with Crippen molar-refractivity contribution in [1.29, 1.82) is 0 Å². The van der Waals surface area contributed by atoms with Crippen LogP contribution in [-0.2, 0) is 19.1 Å². The number of hydrogen-bond acceptors (Lipinski definition) is 2. The summed E-state index contributed by atoms with van der Waals surface area (Å²) in [7, 11) is 0. The number of nitrogens with two attached hydrogens (primary N) is 1. The monoisotopic (exact) mass is 358 g/mol. The molecular weight excluding hydrogens is 337 g/mol. The van der Waals surface area contributed by atoms with Crippen LogP contribution in [0, 0.1) is 0 Å². The second-order valence-corrected chi connectivity index (χ2v) is 6.31. The molecule has 3 aromatic carbocycles. The topological polar surface area (TPSA) is 38.0 Å². The maximum Gasteiger partial charge on any atom is 0.416 e. The summed E-state index contributed by atoms with van der Waals surface area (Å²) in [5.74, 6) is 0. The lowest BCUT2D eigenvalue weighted by atomic mass is 9.98. The van der Waals surface area contributed by atoms with E-state index in [2.05, 4.69) is 11.4 Å². The molecule has 0 bridgehead atoms. The number of alkyl halides is 3. The molecule has 0 radical (unpaired) electrons. The minimum atomic E-state index is -4.36. The molecule has 0 spiro atoms. The van der Waals surface area contributed by atoms with Crippen molar-refractivity contribution in [3.8, 4) is 0 Å². The molecule has 2 nitrogen and oxygen atoms in total. The summed E-state index contributed by atoms with van der Waals surface area (Å²) < 4.78 is 39.4. The minimum absolute atomic E-state index is 0.109. The third kappa shape index (κ3) is 4.23. The van der Waals surface area contributed by atoms with Gasteiger partial charge in [-0.25, -0.2) is 0 Å². The van der Waals surface area contributed by atoms with Crippen molar-refractivity contribution in [2.24, 2.45) is 5.73 Å². The maximum absolute atomic E-state index is 13.1. The second-order valence-electron chi connectivity index (χ2n) is 6.31. The molecule has 136 valence electrons. The van der Waals surface area contributed by atoms with Crippen molar-refractivity contribution in [2.45, 2.75) is 25.2 Å². The van der Waals surface area contributed by atoms with Crippen LogP contribution in [0.3, 0.4) is 0 Å². The number of rotatable bonds is 6. The van der Waals surface area contributed by atoms with Gasteiger partial charge in [0.1, 0.15) is 0 Å². The van der Waals surface area contributed by atoms with E-state index >= 15 is 0 Å². The van der Waals surface area contributed by atoms with Gasteiger partial charge in [-0.05, 0) is 34.4 Å². The minimum Gasteiger partial charge on any atom is -0.329 e. The Morgan fingerprint density at radius 1 is 0.846 bits per heavy atom. The van der Waals surface area contributed by atoms with Crippen molar-refractivity contribution in [1.82, 2.24) is 5.32 Å². The third-order valence-electron chi connectivity index (χ3n) is 4.53. The average Bonchev–Trinajstić information content (AvgIpc) is 2.64. The van der Waals surface area contributed by atoms with Crippen LogP contribution in [0.15, 0.2) is 66.7 Å². The lowest BCUT2D eigenvalue weighted by Gasteiger charge is -2.20. The highest BCUT2D eigenvalue weighted by Crippen LogP contribution is 2.31. The van der Waals surface area contributed by atoms with E-state index in [-0.39, 0.29) is 18.2 Å². The van der Waals surface area contributed by atoms with Crippen LogP contribution in [-0.4, -0.2) is 12.6 Å². The van der Waals surface area contributed by atoms with Gasteiger partial charge >= 0.3 is 6.18 Å². The Bertz CT molecular complexity index is 869. The molecule has 0 aliphatic heterocycles. The lowest BCUT2D eigenvalue weighted by Crippen LogP contribution is -2.37. The zero-order valence-corrected chi connectivity index (χ0v) is 14.3. The molecule has 5 heteroatoms. The van der Waals surface area contributed by atoms with Crippen LogP contribution in [0.1, 0.15) is 16.7 Å². The number of nitrogens with one attached hydrogen (secondary N) is 1. The largest absolute Gasteiger partial charge is 0.416 e. The SMILES string of the molecule is NCC(Cc1cccc2ccccc12)NCc1ccccc1C(F)(F)F. The fourth-order valence-corrected chi connectivity index (χ4v) is 3.18. The molecule has 0 aliphatic carbocycles. The Morgan fingerprint density at radius 2 is 1.50 bits per heavy atom. The van der Waals surface area contributed by atoms with E-state index in [4.69, 9.17) is 5.73 Å². The van der Waals surface area contributed by atoms with Crippen molar-refractivity contribution < 1.29 is 13.2 Å². The second kappa shape index (κ2) is 7.89. The Hall–Kier alpha value is -2.37. The highest BCUT2D eigenvalue weighted by molar-refractivity contribution is 5.85. The predicted octanol–water partition coefficient (Wildman–Crippen LogP) is 4.52. The Balaban J connectivity index is 1.75. The highest BCUT2D eigenvalue weighted by atomic mass is 19.4. The van der Waals surface area contributed by atoms with Gasteiger partial charge in [0.25, 0.3) is 0 Å². The first kappa shape index (κ1) is 18.4. The maximum atomic E-state index is 13.1. The predicted molar refractivity (Wildman–Crippen MR) is 98.8 cm³/mol. The summed E-state index contributed by atoms with van der Waals surface area (Å²) >= 11 is 0. The van der Waals surface area contributed by atoms with Gasteiger partial charge < -0.3 is 11.1 Å². The van der Waals surface area contributed by atoms with E-state index in [1.54, 1.807) is 6.07 Å². The fraction of sp³-hybridized carbons (Fsp3) is 0.238. The molecule has 0 aliphatic rings. The fourth-order valence-electron chi connectivity index (χ4n) is 3.18. The molecule has 1 unspecified atom stereocenters. The Kier molecular flexibility index (Phi) is 5.59. The molecule has 0 saturated carbocycles. The van der Waals surface area contributed by atoms with Crippen LogP contribution < -0.4 is 11.1 Å². The van der Waals surface area contributed by atoms with E-state index in [0.29, 0.717) is 13.0 Å². The van der Waals surface area contributed by atoms with E-state index in [0.717, 1.165) is 22.4 Å². The molecule has 1 atom stereocenters. The summed E-state index contributed by atoms with van der Waals surface area (Å²) in [6, 6.07) is 19.7. The van der Waals surface area contributed by atoms with Gasteiger partial charge in [-0.15, -0.1) is 0 Å². The summed E-state index contributed by atoms with van der Waals surface area (Å²) in [6.07, 6.45) is -3.70. The molecule has 0 aromatic heterocycles. The lowest BCUT2D eigenvalue weighted by molar-refractivity contribution is -0.138. The van der Waals surface area contributed by atoms with Gasteiger partial charge in [-0.2, -0.15) is 13.2 Å². The van der Waals surface area contributed by atoms with E-state index in [9.17, 15) is 13.2 Å². The molecule has 0 fully saturated rings. The van der Waals surface area contributed by atoms with Gasteiger partial charge in [0.15, 0.2) is 0 Å². The van der Waals surface area contributed by atoms with E-state index < -0.39 is 11.7 Å². The van der Waals surface area contributed by atoms with E-state index in [1.165, 1.54) is 12.1 Å². The summed E-state index contributed by atoms with van der Waals surface area (Å²) in [4.78, 5) is 0.